The van der Waals surface area contributed by atoms with Crippen LogP contribution in [0.2, 0.25) is 0 Å². The molecule has 2 heteroatoms. The second kappa shape index (κ2) is 4.43. The zero-order valence-electron chi connectivity index (χ0n) is 9.17. The van der Waals surface area contributed by atoms with Gasteiger partial charge in [0.25, 0.3) is 0 Å². The third-order valence-electron chi connectivity index (χ3n) is 3.81. The van der Waals surface area contributed by atoms with E-state index in [2.05, 4.69) is 11.8 Å². The number of hydrogen-bond donors (Lipinski definition) is 0. The van der Waals surface area contributed by atoms with Gasteiger partial charge in [-0.25, -0.2) is 0 Å². The van der Waals surface area contributed by atoms with Gasteiger partial charge in [-0.2, -0.15) is 0 Å². The predicted molar refractivity (Wildman–Crippen MR) is 57.2 cm³/mol. The minimum atomic E-state index is 0.369. The second-order valence-electron chi connectivity index (χ2n) is 4.79. The van der Waals surface area contributed by atoms with E-state index in [1.165, 1.54) is 19.3 Å². The predicted octanol–water partition coefficient (Wildman–Crippen LogP) is 2.09. The van der Waals surface area contributed by atoms with Gasteiger partial charge in [0.05, 0.1) is 0 Å². The van der Waals surface area contributed by atoms with Crippen LogP contribution >= 0.6 is 0 Å². The van der Waals surface area contributed by atoms with Crippen molar-refractivity contribution in [3.05, 3.63) is 0 Å². The average Bonchev–Trinajstić information content (AvgIpc) is 2.22. The van der Waals surface area contributed by atoms with E-state index in [4.69, 9.17) is 0 Å². The minimum Gasteiger partial charge on any atom is -0.302 e. The van der Waals surface area contributed by atoms with E-state index >= 15 is 0 Å². The molecule has 0 aromatic rings. The number of fused-ring (bicyclic) bond motifs is 2. The molecule has 2 unspecified atom stereocenters. The van der Waals surface area contributed by atoms with E-state index in [1.807, 2.05) is 0 Å². The number of ketones is 1. The first-order chi connectivity index (χ1) is 6.81. The van der Waals surface area contributed by atoms with Gasteiger partial charge in [0.15, 0.2) is 0 Å². The third-order valence-corrected chi connectivity index (χ3v) is 3.81. The van der Waals surface area contributed by atoms with Crippen LogP contribution in [0.4, 0.5) is 0 Å². The van der Waals surface area contributed by atoms with Crippen LogP contribution in [0.5, 0.6) is 0 Å². The zero-order valence-corrected chi connectivity index (χ0v) is 9.17. The molecule has 0 N–H and O–H groups in total. The highest BCUT2D eigenvalue weighted by Gasteiger charge is 2.34. The second-order valence-corrected chi connectivity index (χ2v) is 4.79. The van der Waals surface area contributed by atoms with Crippen molar-refractivity contribution in [1.29, 1.82) is 0 Å². The lowest BCUT2D eigenvalue weighted by molar-refractivity contribution is -0.132. The lowest BCUT2D eigenvalue weighted by atomic mass is 9.79. The fraction of sp³-hybridized carbons (Fsp3) is 0.917. The topological polar surface area (TPSA) is 20.3 Å². The Labute approximate surface area is 86.7 Å². The number of nitrogens with zero attached hydrogens (tertiary/aromatic N) is 1. The summed E-state index contributed by atoms with van der Waals surface area (Å²) in [6.45, 7) is 5.38. The molecule has 0 spiro atoms. The number of Topliss-reactive ketones (excluding diaryl/α,β-unsaturated/α-hetero) is 1. The number of piperidine rings is 1. The molecule has 0 aromatic heterocycles. The molecule has 1 saturated heterocycles. The Morgan fingerprint density at radius 1 is 1.14 bits per heavy atom. The molecule has 2 nitrogen and oxygen atoms in total. The van der Waals surface area contributed by atoms with Crippen LogP contribution < -0.4 is 0 Å². The molecule has 2 bridgehead atoms. The van der Waals surface area contributed by atoms with Crippen LogP contribution in [-0.2, 0) is 4.79 Å². The molecule has 14 heavy (non-hydrogen) atoms. The standard InChI is InChI=1S/C12H21NO/c1-2-13-8-10-6-4-3-5-7-11(9-13)12(10)14/h10-11H,2-9H2,1H3. The van der Waals surface area contributed by atoms with E-state index < -0.39 is 0 Å². The van der Waals surface area contributed by atoms with Gasteiger partial charge in [-0.05, 0) is 19.4 Å². The molecule has 2 atom stereocenters. The number of carbonyl (C=O) groups is 1. The first-order valence-corrected chi connectivity index (χ1v) is 6.07. The molecule has 1 saturated carbocycles. The highest BCUT2D eigenvalue weighted by atomic mass is 16.1. The van der Waals surface area contributed by atoms with Crippen LogP contribution in [0.1, 0.15) is 39.0 Å². The third kappa shape index (κ3) is 2.00. The van der Waals surface area contributed by atoms with E-state index in [-0.39, 0.29) is 0 Å². The van der Waals surface area contributed by atoms with Gasteiger partial charge in [0, 0.05) is 24.9 Å². The Balaban J connectivity index is 2.06. The summed E-state index contributed by atoms with van der Waals surface area (Å²) in [7, 11) is 0. The summed E-state index contributed by atoms with van der Waals surface area (Å²) < 4.78 is 0. The Bertz CT molecular complexity index is 196. The normalized spacial score (nSPS) is 35.1. The maximum absolute atomic E-state index is 12.0. The van der Waals surface area contributed by atoms with Crippen LogP contribution in [0.25, 0.3) is 0 Å². The van der Waals surface area contributed by atoms with Crippen molar-refractivity contribution < 1.29 is 4.79 Å². The molecule has 0 amide bonds. The fourth-order valence-corrected chi connectivity index (χ4v) is 2.89. The van der Waals surface area contributed by atoms with Gasteiger partial charge in [0.1, 0.15) is 5.78 Å². The monoisotopic (exact) mass is 195 g/mol. The fourth-order valence-electron chi connectivity index (χ4n) is 2.89. The number of carbonyl (C=O) groups excluding carboxylic acids is 1. The Kier molecular flexibility index (Phi) is 3.22. The van der Waals surface area contributed by atoms with Gasteiger partial charge in [0.2, 0.25) is 0 Å². The van der Waals surface area contributed by atoms with E-state index in [9.17, 15) is 4.79 Å². The Hall–Kier alpha value is -0.370. The van der Waals surface area contributed by atoms with Crippen LogP contribution in [0, 0.1) is 11.8 Å². The van der Waals surface area contributed by atoms with Crippen molar-refractivity contribution in [3.8, 4) is 0 Å². The molecule has 0 radical (unpaired) electrons. The summed E-state index contributed by atoms with van der Waals surface area (Å²) in [5.41, 5.74) is 0. The quantitative estimate of drug-likeness (QED) is 0.638. The van der Waals surface area contributed by atoms with Crippen LogP contribution in [0.15, 0.2) is 0 Å². The molecule has 2 aliphatic rings. The molecule has 2 fully saturated rings. The number of rotatable bonds is 1. The maximum atomic E-state index is 12.0. The Morgan fingerprint density at radius 2 is 1.71 bits per heavy atom. The van der Waals surface area contributed by atoms with E-state index in [1.54, 1.807) is 0 Å². The summed E-state index contributed by atoms with van der Waals surface area (Å²) in [5, 5.41) is 0. The largest absolute Gasteiger partial charge is 0.302 e. The van der Waals surface area contributed by atoms with Gasteiger partial charge >= 0.3 is 0 Å². The summed E-state index contributed by atoms with van der Waals surface area (Å²) in [5.74, 6) is 1.32. The SMILES string of the molecule is CCN1CC2CCCCCC(C1)C2=O. The molecule has 2 rings (SSSR count). The lowest BCUT2D eigenvalue weighted by Gasteiger charge is -2.37. The van der Waals surface area contributed by atoms with Gasteiger partial charge in [-0.15, -0.1) is 0 Å². The summed E-state index contributed by atoms with van der Waals surface area (Å²) >= 11 is 0. The zero-order chi connectivity index (χ0) is 9.97. The number of likely N-dealkylation sites (tertiary alicyclic amines) is 1. The van der Waals surface area contributed by atoms with Crippen molar-refractivity contribution in [2.24, 2.45) is 11.8 Å². The van der Waals surface area contributed by atoms with Crippen molar-refractivity contribution in [3.63, 3.8) is 0 Å². The first-order valence-electron chi connectivity index (χ1n) is 6.07. The summed E-state index contributed by atoms with van der Waals surface area (Å²) in [4.78, 5) is 14.5. The molecule has 0 aromatic carbocycles. The van der Waals surface area contributed by atoms with Crippen LogP contribution in [-0.4, -0.2) is 30.3 Å². The molecular weight excluding hydrogens is 174 g/mol. The lowest BCUT2D eigenvalue weighted by Crippen LogP contribution is -2.47. The van der Waals surface area contributed by atoms with Crippen molar-refractivity contribution >= 4 is 5.78 Å². The summed E-state index contributed by atoms with van der Waals surface area (Å²) in [6, 6.07) is 0. The highest BCUT2D eigenvalue weighted by Crippen LogP contribution is 2.29. The smallest absolute Gasteiger partial charge is 0.141 e. The van der Waals surface area contributed by atoms with Crippen molar-refractivity contribution in [1.82, 2.24) is 4.90 Å². The molecule has 1 aliphatic carbocycles. The van der Waals surface area contributed by atoms with E-state index in [0.29, 0.717) is 17.6 Å². The van der Waals surface area contributed by atoms with Gasteiger partial charge in [-0.1, -0.05) is 26.2 Å². The molecule has 1 heterocycles. The van der Waals surface area contributed by atoms with Gasteiger partial charge < -0.3 is 4.90 Å². The van der Waals surface area contributed by atoms with E-state index in [0.717, 1.165) is 32.5 Å². The average molecular weight is 195 g/mol. The van der Waals surface area contributed by atoms with Crippen molar-refractivity contribution in [2.75, 3.05) is 19.6 Å². The van der Waals surface area contributed by atoms with Crippen molar-refractivity contribution in [2.45, 2.75) is 39.0 Å². The highest BCUT2D eigenvalue weighted by molar-refractivity contribution is 5.84. The summed E-state index contributed by atoms with van der Waals surface area (Å²) in [6.07, 6.45) is 6.16. The number of hydrogen-bond acceptors (Lipinski definition) is 2. The minimum absolute atomic E-state index is 0.369. The van der Waals surface area contributed by atoms with Crippen LogP contribution in [0.3, 0.4) is 0 Å². The molecule has 80 valence electrons. The maximum Gasteiger partial charge on any atom is 0.141 e. The molecular formula is C12H21NO. The Morgan fingerprint density at radius 3 is 2.21 bits per heavy atom. The first kappa shape index (κ1) is 10.2. The van der Waals surface area contributed by atoms with Gasteiger partial charge in [-0.3, -0.25) is 4.79 Å². The molecule has 1 aliphatic heterocycles.